The number of rotatable bonds is 5. The van der Waals surface area contributed by atoms with Crippen LogP contribution in [0.4, 0.5) is 0 Å². The molecule has 1 saturated carbocycles. The van der Waals surface area contributed by atoms with Crippen molar-refractivity contribution in [2.45, 2.75) is 45.2 Å². The van der Waals surface area contributed by atoms with E-state index in [9.17, 15) is 4.79 Å². The number of carbonyl (C=O) groups excluding carboxylic acids is 1. The highest BCUT2D eigenvalue weighted by Gasteiger charge is 2.27. The van der Waals surface area contributed by atoms with Crippen LogP contribution in [0.2, 0.25) is 0 Å². The summed E-state index contributed by atoms with van der Waals surface area (Å²) >= 11 is 0. The van der Waals surface area contributed by atoms with Gasteiger partial charge in [-0.25, -0.2) is 0 Å². The summed E-state index contributed by atoms with van der Waals surface area (Å²) in [6.07, 6.45) is 4.82. The van der Waals surface area contributed by atoms with Crippen LogP contribution in [-0.2, 0) is 11.3 Å². The van der Waals surface area contributed by atoms with Gasteiger partial charge < -0.3 is 15.4 Å². The van der Waals surface area contributed by atoms with Gasteiger partial charge in [-0.05, 0) is 36.5 Å². The second-order valence-corrected chi connectivity index (χ2v) is 5.97. The largest absolute Gasteiger partial charge is 0.484 e. The van der Waals surface area contributed by atoms with Crippen LogP contribution < -0.4 is 10.5 Å². The summed E-state index contributed by atoms with van der Waals surface area (Å²) in [7, 11) is 1.90. The van der Waals surface area contributed by atoms with Gasteiger partial charge in [0.05, 0.1) is 0 Å². The van der Waals surface area contributed by atoms with Gasteiger partial charge >= 0.3 is 0 Å². The van der Waals surface area contributed by atoms with Gasteiger partial charge in [0.15, 0.2) is 6.61 Å². The van der Waals surface area contributed by atoms with Crippen molar-refractivity contribution in [1.82, 2.24) is 4.90 Å². The molecule has 0 spiro atoms. The third-order valence-corrected chi connectivity index (χ3v) is 4.48. The number of benzene rings is 1. The molecule has 0 aliphatic heterocycles. The van der Waals surface area contributed by atoms with Gasteiger partial charge in [0.2, 0.25) is 0 Å². The molecule has 0 saturated heterocycles. The molecule has 1 aromatic rings. The average molecular weight is 290 g/mol. The fourth-order valence-corrected chi connectivity index (χ4v) is 3.03. The van der Waals surface area contributed by atoms with E-state index in [0.29, 0.717) is 24.3 Å². The molecule has 2 rings (SSSR count). The highest BCUT2D eigenvalue weighted by molar-refractivity contribution is 5.77. The molecule has 2 atom stereocenters. The zero-order valence-electron chi connectivity index (χ0n) is 13.0. The van der Waals surface area contributed by atoms with Crippen molar-refractivity contribution in [3.05, 3.63) is 29.8 Å². The van der Waals surface area contributed by atoms with Crippen LogP contribution >= 0.6 is 0 Å². The number of hydrogen-bond acceptors (Lipinski definition) is 3. The lowest BCUT2D eigenvalue weighted by Crippen LogP contribution is -2.44. The van der Waals surface area contributed by atoms with Crippen molar-refractivity contribution in [3.8, 4) is 5.75 Å². The molecule has 116 valence electrons. The Morgan fingerprint density at radius 1 is 1.29 bits per heavy atom. The molecule has 0 heterocycles. The highest BCUT2D eigenvalue weighted by Crippen LogP contribution is 2.27. The van der Waals surface area contributed by atoms with Crippen molar-refractivity contribution in [3.63, 3.8) is 0 Å². The molecule has 1 aromatic carbocycles. The van der Waals surface area contributed by atoms with Crippen LogP contribution in [0.5, 0.6) is 5.75 Å². The number of nitrogens with zero attached hydrogens (tertiary/aromatic N) is 1. The molecule has 1 aliphatic rings. The van der Waals surface area contributed by atoms with Gasteiger partial charge in [-0.15, -0.1) is 0 Å². The molecular formula is C17H26N2O2. The fraction of sp³-hybridized carbons (Fsp3) is 0.588. The third-order valence-electron chi connectivity index (χ3n) is 4.48. The minimum Gasteiger partial charge on any atom is -0.484 e. The minimum absolute atomic E-state index is 0.0525. The second-order valence-electron chi connectivity index (χ2n) is 5.97. The standard InChI is InChI=1S/C17H26N2O2/c1-13-5-3-4-6-16(13)19(2)17(20)12-21-15-9-7-14(11-18)8-10-15/h7-10,13,16H,3-6,11-12,18H2,1-2H3. The quantitative estimate of drug-likeness (QED) is 0.906. The monoisotopic (exact) mass is 290 g/mol. The molecule has 4 heteroatoms. The lowest BCUT2D eigenvalue weighted by Gasteiger charge is -2.36. The first-order valence-corrected chi connectivity index (χ1v) is 7.79. The van der Waals surface area contributed by atoms with Crippen molar-refractivity contribution in [2.75, 3.05) is 13.7 Å². The molecule has 0 bridgehead atoms. The van der Waals surface area contributed by atoms with Gasteiger partial charge in [-0.1, -0.05) is 31.9 Å². The van der Waals surface area contributed by atoms with Crippen LogP contribution in [0, 0.1) is 5.92 Å². The van der Waals surface area contributed by atoms with E-state index in [1.54, 1.807) is 0 Å². The van der Waals surface area contributed by atoms with Gasteiger partial charge in [-0.3, -0.25) is 4.79 Å². The number of hydrogen-bond donors (Lipinski definition) is 1. The maximum Gasteiger partial charge on any atom is 0.260 e. The van der Waals surface area contributed by atoms with Crippen LogP contribution in [-0.4, -0.2) is 30.5 Å². The Hall–Kier alpha value is -1.55. The lowest BCUT2D eigenvalue weighted by atomic mass is 9.85. The van der Waals surface area contributed by atoms with E-state index >= 15 is 0 Å². The highest BCUT2D eigenvalue weighted by atomic mass is 16.5. The van der Waals surface area contributed by atoms with Gasteiger partial charge in [-0.2, -0.15) is 0 Å². The van der Waals surface area contributed by atoms with E-state index in [4.69, 9.17) is 10.5 Å². The average Bonchev–Trinajstić information content (AvgIpc) is 2.53. The molecule has 2 unspecified atom stereocenters. The second kappa shape index (κ2) is 7.46. The van der Waals surface area contributed by atoms with Crippen LogP contribution in [0.25, 0.3) is 0 Å². The Labute approximate surface area is 127 Å². The summed E-state index contributed by atoms with van der Waals surface area (Å²) in [5.41, 5.74) is 6.61. The number of amides is 1. The summed E-state index contributed by atoms with van der Waals surface area (Å²) in [5.74, 6) is 1.35. The Kier molecular flexibility index (Phi) is 5.62. The maximum absolute atomic E-state index is 12.3. The van der Waals surface area contributed by atoms with Crippen molar-refractivity contribution < 1.29 is 9.53 Å². The summed E-state index contributed by atoms with van der Waals surface area (Å²) in [5, 5.41) is 0. The van der Waals surface area contributed by atoms with Crippen molar-refractivity contribution >= 4 is 5.91 Å². The summed E-state index contributed by atoms with van der Waals surface area (Å²) < 4.78 is 5.58. The van der Waals surface area contributed by atoms with E-state index in [1.165, 1.54) is 19.3 Å². The molecule has 4 nitrogen and oxygen atoms in total. The van der Waals surface area contributed by atoms with E-state index in [2.05, 4.69) is 6.92 Å². The first-order chi connectivity index (χ1) is 10.1. The zero-order chi connectivity index (χ0) is 15.2. The summed E-state index contributed by atoms with van der Waals surface area (Å²) in [6.45, 7) is 2.85. The Balaban J connectivity index is 1.85. The normalized spacial score (nSPS) is 21.9. The molecule has 1 fully saturated rings. The summed E-state index contributed by atoms with van der Waals surface area (Å²) in [6, 6.07) is 7.92. The molecule has 0 radical (unpaired) electrons. The number of nitrogens with two attached hydrogens (primary N) is 1. The van der Waals surface area contributed by atoms with Crippen LogP contribution in [0.3, 0.4) is 0 Å². The zero-order valence-corrected chi connectivity index (χ0v) is 13.0. The Morgan fingerprint density at radius 2 is 1.95 bits per heavy atom. The Bertz CT molecular complexity index is 458. The summed E-state index contributed by atoms with van der Waals surface area (Å²) in [4.78, 5) is 14.1. The van der Waals surface area contributed by atoms with Crippen molar-refractivity contribution in [2.24, 2.45) is 11.7 Å². The first kappa shape index (κ1) is 15.8. The van der Waals surface area contributed by atoms with Gasteiger partial charge in [0, 0.05) is 19.6 Å². The predicted octanol–water partition coefficient (Wildman–Crippen LogP) is 2.56. The smallest absolute Gasteiger partial charge is 0.260 e. The molecule has 1 amide bonds. The van der Waals surface area contributed by atoms with Crippen LogP contribution in [0.1, 0.15) is 38.2 Å². The number of carbonyl (C=O) groups is 1. The number of ether oxygens (including phenoxy) is 1. The maximum atomic E-state index is 12.3. The number of likely N-dealkylation sites (N-methyl/N-ethyl adjacent to an activating group) is 1. The molecule has 1 aliphatic carbocycles. The predicted molar refractivity (Wildman–Crippen MR) is 84.0 cm³/mol. The van der Waals surface area contributed by atoms with Crippen LogP contribution in [0.15, 0.2) is 24.3 Å². The molecule has 0 aromatic heterocycles. The lowest BCUT2D eigenvalue weighted by molar-refractivity contribution is -0.135. The molecular weight excluding hydrogens is 264 g/mol. The van der Waals surface area contributed by atoms with E-state index in [1.807, 2.05) is 36.2 Å². The topological polar surface area (TPSA) is 55.6 Å². The van der Waals surface area contributed by atoms with E-state index in [0.717, 1.165) is 12.0 Å². The van der Waals surface area contributed by atoms with E-state index < -0.39 is 0 Å². The fourth-order valence-electron chi connectivity index (χ4n) is 3.03. The Morgan fingerprint density at radius 3 is 2.57 bits per heavy atom. The van der Waals surface area contributed by atoms with Gasteiger partial charge in [0.25, 0.3) is 5.91 Å². The van der Waals surface area contributed by atoms with E-state index in [-0.39, 0.29) is 12.5 Å². The van der Waals surface area contributed by atoms with Gasteiger partial charge in [0.1, 0.15) is 5.75 Å². The first-order valence-electron chi connectivity index (χ1n) is 7.79. The molecule has 2 N–H and O–H groups in total. The third kappa shape index (κ3) is 4.21. The SMILES string of the molecule is CC1CCCCC1N(C)C(=O)COc1ccc(CN)cc1. The molecule has 21 heavy (non-hydrogen) atoms. The van der Waals surface area contributed by atoms with Crippen molar-refractivity contribution in [1.29, 1.82) is 0 Å². The minimum atomic E-state index is 0.0525.